The van der Waals surface area contributed by atoms with Crippen LogP contribution in [-0.2, 0) is 0 Å². The van der Waals surface area contributed by atoms with Gasteiger partial charge in [-0.2, -0.15) is 0 Å². The Hall–Kier alpha value is -1.58. The van der Waals surface area contributed by atoms with E-state index in [-0.39, 0.29) is 12.5 Å². The smallest absolute Gasteiger partial charge is 0.407 e. The van der Waals surface area contributed by atoms with Crippen LogP contribution in [0.3, 0.4) is 0 Å². The number of benzene rings is 1. The summed E-state index contributed by atoms with van der Waals surface area (Å²) < 4.78 is 14.0. The maximum absolute atomic E-state index is 14.0. The van der Waals surface area contributed by atoms with Gasteiger partial charge in [-0.3, -0.25) is 0 Å². The van der Waals surface area contributed by atoms with Gasteiger partial charge in [0, 0.05) is 12.5 Å². The summed E-state index contributed by atoms with van der Waals surface area (Å²) >= 11 is 0. The fourth-order valence-corrected chi connectivity index (χ4v) is 2.43. The quantitative estimate of drug-likeness (QED) is 0.815. The Morgan fingerprint density at radius 3 is 2.76 bits per heavy atom. The van der Waals surface area contributed by atoms with Crippen LogP contribution in [0.5, 0.6) is 0 Å². The van der Waals surface area contributed by atoms with Crippen molar-refractivity contribution in [3.63, 3.8) is 0 Å². The van der Waals surface area contributed by atoms with Gasteiger partial charge in [0.25, 0.3) is 0 Å². The topological polar surface area (TPSA) is 40.5 Å². The highest BCUT2D eigenvalue weighted by Crippen LogP contribution is 2.32. The largest absolute Gasteiger partial charge is 0.465 e. The van der Waals surface area contributed by atoms with Crippen molar-refractivity contribution in [3.8, 4) is 0 Å². The maximum Gasteiger partial charge on any atom is 0.407 e. The van der Waals surface area contributed by atoms with Gasteiger partial charge >= 0.3 is 6.09 Å². The molecule has 1 aliphatic rings. The van der Waals surface area contributed by atoms with Gasteiger partial charge in [-0.1, -0.05) is 24.3 Å². The van der Waals surface area contributed by atoms with Crippen molar-refractivity contribution in [3.05, 3.63) is 35.4 Å². The number of carboxylic acid groups (broad SMARTS) is 1. The first kappa shape index (κ1) is 11.9. The Morgan fingerprint density at radius 2 is 2.18 bits per heavy atom. The number of carbonyl (C=O) groups is 1. The first-order valence-electron chi connectivity index (χ1n) is 5.77. The fraction of sp³-hybridized carbons (Fsp3) is 0.462. The third-order valence-electron chi connectivity index (χ3n) is 3.40. The normalized spacial score (nSPS) is 24.7. The van der Waals surface area contributed by atoms with Crippen LogP contribution in [0.4, 0.5) is 9.18 Å². The number of hydrogen-bond acceptors (Lipinski definition) is 1. The Labute approximate surface area is 99.9 Å². The van der Waals surface area contributed by atoms with E-state index >= 15 is 0 Å². The number of nitrogens with zero attached hydrogens (tertiary/aromatic N) is 1. The molecule has 1 aliphatic heterocycles. The Kier molecular flexibility index (Phi) is 3.31. The van der Waals surface area contributed by atoms with Crippen LogP contribution in [0, 0.1) is 6.92 Å². The Balaban J connectivity index is 2.15. The Bertz CT molecular complexity index is 422. The highest BCUT2D eigenvalue weighted by Gasteiger charge is 2.32. The third kappa shape index (κ3) is 2.40. The number of aryl methyl sites for hydroxylation is 1. The van der Waals surface area contributed by atoms with E-state index in [1.165, 1.54) is 0 Å². The van der Waals surface area contributed by atoms with Crippen LogP contribution in [-0.4, -0.2) is 35.4 Å². The molecule has 1 aromatic carbocycles. The standard InChI is InChI=1S/C13H16FNO2/c1-9-4-2-3-5-10(9)11-6-7-15(13(16)17)8-12(11)14/h2-5,11-12H,6-8H2,1H3,(H,16,17)/t11-,12-/m1/s1. The van der Waals surface area contributed by atoms with E-state index in [4.69, 9.17) is 5.11 Å². The summed E-state index contributed by atoms with van der Waals surface area (Å²) in [6, 6.07) is 7.73. The van der Waals surface area contributed by atoms with Crippen molar-refractivity contribution < 1.29 is 14.3 Å². The SMILES string of the molecule is Cc1ccccc1[C@H]1CCN(C(=O)O)C[C@H]1F. The van der Waals surface area contributed by atoms with Gasteiger partial charge in [0.05, 0.1) is 6.54 Å². The molecule has 0 aliphatic carbocycles. The second-order valence-corrected chi connectivity index (χ2v) is 4.50. The van der Waals surface area contributed by atoms with Gasteiger partial charge in [0.1, 0.15) is 6.17 Å². The molecule has 0 aromatic heterocycles. The minimum atomic E-state index is -1.11. The highest BCUT2D eigenvalue weighted by molar-refractivity contribution is 5.65. The molecule has 1 N–H and O–H groups in total. The lowest BCUT2D eigenvalue weighted by Crippen LogP contribution is -2.43. The average Bonchev–Trinajstić information content (AvgIpc) is 2.30. The zero-order valence-corrected chi connectivity index (χ0v) is 9.77. The summed E-state index contributed by atoms with van der Waals surface area (Å²) in [6.45, 7) is 2.36. The lowest BCUT2D eigenvalue weighted by Gasteiger charge is -2.33. The van der Waals surface area contributed by atoms with Crippen molar-refractivity contribution in [1.82, 2.24) is 4.90 Å². The van der Waals surface area contributed by atoms with Crippen LogP contribution in [0.1, 0.15) is 23.5 Å². The number of alkyl halides is 1. The molecule has 4 heteroatoms. The number of hydrogen-bond donors (Lipinski definition) is 1. The monoisotopic (exact) mass is 237 g/mol. The van der Waals surface area contributed by atoms with Gasteiger partial charge in [0.15, 0.2) is 0 Å². The molecule has 1 amide bonds. The summed E-state index contributed by atoms with van der Waals surface area (Å²) in [6.07, 6.45) is -1.59. The molecule has 0 saturated carbocycles. The predicted octanol–water partition coefficient (Wildman–Crippen LogP) is 2.80. The van der Waals surface area contributed by atoms with Crippen LogP contribution in [0.2, 0.25) is 0 Å². The molecule has 17 heavy (non-hydrogen) atoms. The third-order valence-corrected chi connectivity index (χ3v) is 3.40. The zero-order valence-electron chi connectivity index (χ0n) is 9.77. The van der Waals surface area contributed by atoms with E-state index in [1.807, 2.05) is 31.2 Å². The molecule has 2 rings (SSSR count). The highest BCUT2D eigenvalue weighted by atomic mass is 19.1. The van der Waals surface area contributed by atoms with Crippen molar-refractivity contribution >= 4 is 6.09 Å². The Morgan fingerprint density at radius 1 is 1.47 bits per heavy atom. The molecule has 0 bridgehead atoms. The van der Waals surface area contributed by atoms with Crippen LogP contribution in [0.15, 0.2) is 24.3 Å². The van der Waals surface area contributed by atoms with Crippen LogP contribution >= 0.6 is 0 Å². The van der Waals surface area contributed by atoms with E-state index in [2.05, 4.69) is 0 Å². The van der Waals surface area contributed by atoms with Crippen molar-refractivity contribution in [2.75, 3.05) is 13.1 Å². The second-order valence-electron chi connectivity index (χ2n) is 4.50. The van der Waals surface area contributed by atoms with E-state index < -0.39 is 12.3 Å². The van der Waals surface area contributed by atoms with E-state index in [9.17, 15) is 9.18 Å². The minimum Gasteiger partial charge on any atom is -0.465 e. The number of halogens is 1. The van der Waals surface area contributed by atoms with Gasteiger partial charge in [-0.15, -0.1) is 0 Å². The molecule has 1 fully saturated rings. The van der Waals surface area contributed by atoms with Gasteiger partial charge in [-0.05, 0) is 24.5 Å². The van der Waals surface area contributed by atoms with Crippen LogP contribution in [0.25, 0.3) is 0 Å². The molecule has 3 nitrogen and oxygen atoms in total. The summed E-state index contributed by atoms with van der Waals surface area (Å²) in [4.78, 5) is 11.9. The van der Waals surface area contributed by atoms with Gasteiger partial charge in [-0.25, -0.2) is 9.18 Å². The van der Waals surface area contributed by atoms with Crippen molar-refractivity contribution in [2.24, 2.45) is 0 Å². The molecular formula is C13H16FNO2. The van der Waals surface area contributed by atoms with Gasteiger partial charge in [0.2, 0.25) is 0 Å². The lowest BCUT2D eigenvalue weighted by molar-refractivity contribution is 0.0962. The molecule has 92 valence electrons. The fourth-order valence-electron chi connectivity index (χ4n) is 2.43. The molecule has 2 atom stereocenters. The summed E-state index contributed by atoms with van der Waals surface area (Å²) in [5.74, 6) is -0.174. The molecular weight excluding hydrogens is 221 g/mol. The number of piperidine rings is 1. The molecule has 1 heterocycles. The molecule has 1 saturated heterocycles. The van der Waals surface area contributed by atoms with E-state index in [0.717, 1.165) is 16.0 Å². The average molecular weight is 237 g/mol. The van der Waals surface area contributed by atoms with E-state index in [0.29, 0.717) is 13.0 Å². The van der Waals surface area contributed by atoms with Crippen molar-refractivity contribution in [1.29, 1.82) is 0 Å². The molecule has 1 aromatic rings. The van der Waals surface area contributed by atoms with Gasteiger partial charge < -0.3 is 10.0 Å². The van der Waals surface area contributed by atoms with E-state index in [1.54, 1.807) is 0 Å². The zero-order chi connectivity index (χ0) is 12.4. The summed E-state index contributed by atoms with van der Waals surface area (Å²) in [5.41, 5.74) is 2.08. The number of likely N-dealkylation sites (tertiary alicyclic amines) is 1. The first-order chi connectivity index (χ1) is 8.09. The molecule has 0 radical (unpaired) electrons. The van der Waals surface area contributed by atoms with Crippen molar-refractivity contribution in [2.45, 2.75) is 25.4 Å². The summed E-state index contributed by atoms with van der Waals surface area (Å²) in [5, 5.41) is 8.83. The minimum absolute atomic E-state index is 0.0195. The lowest BCUT2D eigenvalue weighted by atomic mass is 9.86. The molecule has 0 unspecified atom stereocenters. The van der Waals surface area contributed by atoms with Crippen LogP contribution < -0.4 is 0 Å². The maximum atomic E-state index is 14.0. The number of rotatable bonds is 1. The number of amides is 1. The molecule has 0 spiro atoms. The second kappa shape index (κ2) is 4.73. The predicted molar refractivity (Wildman–Crippen MR) is 63.0 cm³/mol. The summed E-state index contributed by atoms with van der Waals surface area (Å²) in [7, 11) is 0. The first-order valence-corrected chi connectivity index (χ1v) is 5.77.